The molecule has 0 amide bonds. The third kappa shape index (κ3) is 1.54. The van der Waals surface area contributed by atoms with E-state index in [1.54, 1.807) is 12.5 Å². The molecule has 3 aromatic heterocycles. The van der Waals surface area contributed by atoms with E-state index in [-0.39, 0.29) is 0 Å². The highest BCUT2D eigenvalue weighted by Gasteiger charge is 2.23. The number of imidazole rings is 1. The van der Waals surface area contributed by atoms with Gasteiger partial charge in [0.25, 0.3) is 0 Å². The van der Waals surface area contributed by atoms with Gasteiger partial charge in [0, 0.05) is 30.3 Å². The zero-order valence-corrected chi connectivity index (χ0v) is 11.6. The van der Waals surface area contributed by atoms with Crippen LogP contribution in [0.4, 0.5) is 5.82 Å². The normalized spacial score (nSPS) is 14.8. The van der Waals surface area contributed by atoms with Crippen molar-refractivity contribution in [2.45, 2.75) is 26.8 Å². The van der Waals surface area contributed by atoms with Crippen LogP contribution in [0.2, 0.25) is 0 Å². The fourth-order valence-corrected chi connectivity index (χ4v) is 2.88. The lowest BCUT2D eigenvalue weighted by atomic mass is 10.1. The average molecular weight is 268 g/mol. The lowest BCUT2D eigenvalue weighted by Crippen LogP contribution is -2.33. The number of aryl methyl sites for hydroxylation is 1. The minimum atomic E-state index is 0.842. The molecule has 1 aliphatic heterocycles. The molecule has 3 aromatic rings. The van der Waals surface area contributed by atoms with E-state index < -0.39 is 0 Å². The van der Waals surface area contributed by atoms with Crippen molar-refractivity contribution in [1.29, 1.82) is 0 Å². The van der Waals surface area contributed by atoms with Crippen molar-refractivity contribution < 1.29 is 0 Å². The summed E-state index contributed by atoms with van der Waals surface area (Å²) in [5.41, 5.74) is 5.53. The Labute approximate surface area is 116 Å². The fourth-order valence-electron chi connectivity index (χ4n) is 2.88. The Bertz CT molecular complexity index is 784. The number of aromatic nitrogens is 5. The molecule has 0 radical (unpaired) electrons. The van der Waals surface area contributed by atoms with Gasteiger partial charge in [0.2, 0.25) is 0 Å². The van der Waals surface area contributed by atoms with Crippen LogP contribution in [0.1, 0.15) is 22.6 Å². The van der Waals surface area contributed by atoms with Gasteiger partial charge >= 0.3 is 0 Å². The maximum atomic E-state index is 4.58. The second-order valence-corrected chi connectivity index (χ2v) is 5.25. The zero-order chi connectivity index (χ0) is 13.7. The van der Waals surface area contributed by atoms with Crippen LogP contribution < -0.4 is 4.90 Å². The first-order valence-corrected chi connectivity index (χ1v) is 6.81. The van der Waals surface area contributed by atoms with Crippen LogP contribution in [0.3, 0.4) is 0 Å². The first-order valence-electron chi connectivity index (χ1n) is 6.81. The monoisotopic (exact) mass is 268 g/mol. The third-order valence-corrected chi connectivity index (χ3v) is 4.06. The molecule has 6 nitrogen and oxygen atoms in total. The molecule has 0 atom stereocenters. The largest absolute Gasteiger partial charge is 0.350 e. The summed E-state index contributed by atoms with van der Waals surface area (Å²) in [6.07, 6.45) is 4.54. The van der Waals surface area contributed by atoms with Crippen molar-refractivity contribution in [2.24, 2.45) is 0 Å². The number of fused-ring (bicyclic) bond motifs is 2. The number of H-pyrrole nitrogens is 1. The van der Waals surface area contributed by atoms with Crippen molar-refractivity contribution in [1.82, 2.24) is 24.6 Å². The first-order chi connectivity index (χ1) is 9.74. The molecule has 20 heavy (non-hydrogen) atoms. The molecule has 0 aliphatic carbocycles. The number of hydrogen-bond acceptors (Lipinski definition) is 4. The summed E-state index contributed by atoms with van der Waals surface area (Å²) in [5.74, 6) is 1.14. The maximum absolute atomic E-state index is 4.58. The fraction of sp³-hybridized carbons (Fsp3) is 0.357. The summed E-state index contributed by atoms with van der Waals surface area (Å²) in [7, 11) is 0. The van der Waals surface area contributed by atoms with Crippen LogP contribution in [0.15, 0.2) is 18.6 Å². The molecule has 4 heterocycles. The molecule has 0 bridgehead atoms. The number of hydrogen-bond donors (Lipinski definition) is 1. The topological polar surface area (TPSA) is 62.1 Å². The molecular weight excluding hydrogens is 252 g/mol. The van der Waals surface area contributed by atoms with Gasteiger partial charge in [-0.1, -0.05) is 0 Å². The Morgan fingerprint density at radius 3 is 3.10 bits per heavy atom. The zero-order valence-electron chi connectivity index (χ0n) is 11.6. The second-order valence-electron chi connectivity index (χ2n) is 5.25. The van der Waals surface area contributed by atoms with Crippen molar-refractivity contribution in [3.05, 3.63) is 41.2 Å². The quantitative estimate of drug-likeness (QED) is 0.728. The summed E-state index contributed by atoms with van der Waals surface area (Å²) in [5, 5.41) is 4.43. The highest BCUT2D eigenvalue weighted by molar-refractivity contribution is 5.57. The van der Waals surface area contributed by atoms with Crippen LogP contribution >= 0.6 is 0 Å². The van der Waals surface area contributed by atoms with Crippen LogP contribution in [0.5, 0.6) is 0 Å². The molecule has 0 spiro atoms. The van der Waals surface area contributed by atoms with Crippen molar-refractivity contribution >= 4 is 11.5 Å². The molecule has 0 saturated carbocycles. The second kappa shape index (κ2) is 4.06. The molecule has 6 heteroatoms. The number of anilines is 1. The number of rotatable bonds is 1. The molecule has 1 aliphatic rings. The molecule has 0 saturated heterocycles. The van der Waals surface area contributed by atoms with Crippen molar-refractivity contribution in [3.8, 4) is 0 Å². The Balaban J connectivity index is 1.86. The summed E-state index contributed by atoms with van der Waals surface area (Å²) < 4.78 is 1.93. The van der Waals surface area contributed by atoms with Gasteiger partial charge in [0.05, 0.1) is 30.5 Å². The van der Waals surface area contributed by atoms with E-state index in [2.05, 4.69) is 38.8 Å². The van der Waals surface area contributed by atoms with Gasteiger partial charge in [-0.3, -0.25) is 0 Å². The average Bonchev–Trinajstić information content (AvgIpc) is 3.07. The van der Waals surface area contributed by atoms with E-state index >= 15 is 0 Å². The number of nitrogens with zero attached hydrogens (tertiary/aromatic N) is 5. The predicted molar refractivity (Wildman–Crippen MR) is 75.8 cm³/mol. The Kier molecular flexibility index (Phi) is 2.33. The van der Waals surface area contributed by atoms with E-state index in [4.69, 9.17) is 0 Å². The van der Waals surface area contributed by atoms with E-state index in [0.717, 1.165) is 36.7 Å². The predicted octanol–water partition coefficient (Wildman–Crippen LogP) is 1.63. The highest BCUT2D eigenvalue weighted by Crippen LogP contribution is 2.27. The molecule has 102 valence electrons. The number of nitrogens with one attached hydrogen (secondary N) is 1. The van der Waals surface area contributed by atoms with Crippen LogP contribution in [0, 0.1) is 13.8 Å². The Hall–Kier alpha value is -2.37. The molecule has 0 fully saturated rings. The maximum Gasteiger partial charge on any atom is 0.157 e. The van der Waals surface area contributed by atoms with E-state index in [9.17, 15) is 0 Å². The van der Waals surface area contributed by atoms with Gasteiger partial charge in [-0.25, -0.2) is 9.97 Å². The molecule has 1 N–H and O–H groups in total. The number of aromatic amines is 1. The highest BCUT2D eigenvalue weighted by atomic mass is 15.3. The molecule has 0 unspecified atom stereocenters. The van der Waals surface area contributed by atoms with Gasteiger partial charge in [0.15, 0.2) is 5.65 Å². The summed E-state index contributed by atoms with van der Waals surface area (Å²) in [6.45, 7) is 5.96. The van der Waals surface area contributed by atoms with Crippen molar-refractivity contribution in [3.63, 3.8) is 0 Å². The smallest absolute Gasteiger partial charge is 0.157 e. The van der Waals surface area contributed by atoms with Gasteiger partial charge in [-0.2, -0.15) is 9.61 Å². The molecule has 0 aromatic carbocycles. The van der Waals surface area contributed by atoms with Crippen molar-refractivity contribution in [2.75, 3.05) is 11.4 Å². The van der Waals surface area contributed by atoms with Crippen LogP contribution in [-0.2, 0) is 13.0 Å². The van der Waals surface area contributed by atoms with E-state index in [1.807, 2.05) is 10.6 Å². The Morgan fingerprint density at radius 2 is 2.20 bits per heavy atom. The van der Waals surface area contributed by atoms with E-state index in [1.165, 1.54) is 17.0 Å². The summed E-state index contributed by atoms with van der Waals surface area (Å²) >= 11 is 0. The SMILES string of the molecule is Cc1nc2ccnn2c(N2CCc3nc[nH]c3C2)c1C. The van der Waals surface area contributed by atoms with E-state index in [0.29, 0.717) is 0 Å². The lowest BCUT2D eigenvalue weighted by molar-refractivity contribution is 0.681. The minimum absolute atomic E-state index is 0.842. The first kappa shape index (κ1) is 11.5. The standard InChI is InChI=1S/C14H16N6/c1-9-10(2)18-13-3-5-17-20(13)14(9)19-6-4-11-12(7-19)16-8-15-11/h3,5,8H,4,6-7H2,1-2H3,(H,15,16). The molecular formula is C14H16N6. The molecule has 4 rings (SSSR count). The summed E-state index contributed by atoms with van der Waals surface area (Å²) in [4.78, 5) is 14.5. The van der Waals surface area contributed by atoms with Gasteiger partial charge in [0.1, 0.15) is 5.82 Å². The third-order valence-electron chi connectivity index (χ3n) is 4.06. The van der Waals surface area contributed by atoms with Crippen LogP contribution in [0.25, 0.3) is 5.65 Å². The summed E-state index contributed by atoms with van der Waals surface area (Å²) in [6, 6.07) is 1.95. The minimum Gasteiger partial charge on any atom is -0.350 e. The lowest BCUT2D eigenvalue weighted by Gasteiger charge is -2.30. The van der Waals surface area contributed by atoms with Gasteiger partial charge in [-0.05, 0) is 13.8 Å². The van der Waals surface area contributed by atoms with Gasteiger partial charge in [-0.15, -0.1) is 0 Å². The van der Waals surface area contributed by atoms with Gasteiger partial charge < -0.3 is 9.88 Å². The van der Waals surface area contributed by atoms with Crippen LogP contribution in [-0.4, -0.2) is 31.1 Å². The Morgan fingerprint density at radius 1 is 1.30 bits per heavy atom.